The minimum Gasteiger partial charge on any atom is -0.302 e. The van der Waals surface area contributed by atoms with E-state index in [0.717, 1.165) is 12.6 Å². The van der Waals surface area contributed by atoms with Gasteiger partial charge in [0, 0.05) is 42.0 Å². The summed E-state index contributed by atoms with van der Waals surface area (Å²) in [6, 6.07) is 0.765. The Morgan fingerprint density at radius 1 is 1.08 bits per heavy atom. The van der Waals surface area contributed by atoms with E-state index in [1.807, 2.05) is 0 Å². The second-order valence-corrected chi connectivity index (χ2v) is 4.93. The minimum absolute atomic E-state index is 0.765. The minimum atomic E-state index is 0.765. The summed E-state index contributed by atoms with van der Waals surface area (Å²) in [4.78, 5) is 2.45. The molecule has 3 heteroatoms. The van der Waals surface area contributed by atoms with Crippen LogP contribution >= 0.6 is 22.9 Å². The lowest BCUT2D eigenvalue weighted by Crippen LogP contribution is -2.34. The van der Waals surface area contributed by atoms with Crippen molar-refractivity contribution in [2.75, 3.05) is 27.2 Å². The van der Waals surface area contributed by atoms with Gasteiger partial charge in [0.25, 0.3) is 0 Å². The van der Waals surface area contributed by atoms with Gasteiger partial charge in [-0.2, -0.15) is 0 Å². The number of rotatable bonds is 6. The third-order valence-electron chi connectivity index (χ3n) is 2.33. The molecule has 0 bridgehead atoms. The van der Waals surface area contributed by atoms with Crippen LogP contribution < -0.4 is 0 Å². The van der Waals surface area contributed by atoms with Gasteiger partial charge in [-0.3, -0.25) is 0 Å². The molecule has 0 aromatic heterocycles. The van der Waals surface area contributed by atoms with Gasteiger partial charge in [0.05, 0.1) is 0 Å². The number of nitrogens with zero attached hydrogens (tertiary/aromatic N) is 2. The molecule has 0 aromatic rings. The third-order valence-corrected chi connectivity index (χ3v) is 2.81. The van der Waals surface area contributed by atoms with Crippen molar-refractivity contribution in [2.24, 2.45) is 0 Å². The largest absolute Gasteiger partial charge is 0.302 e. The van der Waals surface area contributed by atoms with Crippen LogP contribution in [-0.2, 0) is 0 Å². The zero-order chi connectivity index (χ0) is 9.56. The summed E-state index contributed by atoms with van der Waals surface area (Å²) < 4.78 is 2.20. The second-order valence-electron chi connectivity index (χ2n) is 3.28. The molecule has 0 heterocycles. The van der Waals surface area contributed by atoms with Crippen molar-refractivity contribution >= 4 is 22.9 Å². The van der Waals surface area contributed by atoms with Crippen LogP contribution in [-0.4, -0.2) is 41.2 Å². The van der Waals surface area contributed by atoms with Crippen LogP contribution in [0.4, 0.5) is 0 Å². The van der Waals surface area contributed by atoms with Gasteiger partial charge in [-0.15, -0.1) is 0 Å². The van der Waals surface area contributed by atoms with Crippen LogP contribution in [0.15, 0.2) is 0 Å². The molecule has 0 aliphatic carbocycles. The van der Waals surface area contributed by atoms with Crippen LogP contribution in [0.5, 0.6) is 0 Å². The van der Waals surface area contributed by atoms with Crippen molar-refractivity contribution in [3.63, 3.8) is 0 Å². The molecule has 0 aliphatic heterocycles. The lowest BCUT2D eigenvalue weighted by molar-refractivity contribution is 0.224. The lowest BCUT2D eigenvalue weighted by Gasteiger charge is -2.26. The smallest absolute Gasteiger partial charge is 0.0206 e. The van der Waals surface area contributed by atoms with Gasteiger partial charge >= 0.3 is 0 Å². The van der Waals surface area contributed by atoms with E-state index in [1.54, 1.807) is 0 Å². The van der Waals surface area contributed by atoms with E-state index in [4.69, 9.17) is 0 Å². The van der Waals surface area contributed by atoms with Gasteiger partial charge in [0.2, 0.25) is 0 Å². The van der Waals surface area contributed by atoms with Gasteiger partial charge in [-0.05, 0) is 26.9 Å². The predicted octanol–water partition coefficient (Wildman–Crippen LogP) is 2.39. The maximum absolute atomic E-state index is 2.45. The standard InChI is InChI=1S/C9H21IN2/c1-5-9(6-2)11(3)7-8-12(4)10/h9H,5-8H2,1-4H3. The molecule has 0 aliphatic rings. The van der Waals surface area contributed by atoms with E-state index in [9.17, 15) is 0 Å². The molecule has 0 N–H and O–H groups in total. The Kier molecular flexibility index (Phi) is 7.48. The van der Waals surface area contributed by atoms with Gasteiger partial charge in [-0.1, -0.05) is 13.8 Å². The van der Waals surface area contributed by atoms with Crippen molar-refractivity contribution < 1.29 is 0 Å². The first-order valence-corrected chi connectivity index (χ1v) is 5.65. The highest BCUT2D eigenvalue weighted by Gasteiger charge is 2.09. The van der Waals surface area contributed by atoms with Crippen molar-refractivity contribution in [2.45, 2.75) is 32.7 Å². The molecule has 0 radical (unpaired) electrons. The summed E-state index contributed by atoms with van der Waals surface area (Å²) in [6.07, 6.45) is 2.52. The number of halogens is 1. The average Bonchev–Trinajstić information content (AvgIpc) is 2.03. The fourth-order valence-electron chi connectivity index (χ4n) is 1.39. The van der Waals surface area contributed by atoms with Gasteiger partial charge in [-0.25, -0.2) is 3.11 Å². The van der Waals surface area contributed by atoms with Crippen LogP contribution in [0, 0.1) is 0 Å². The number of hydrogen-bond acceptors (Lipinski definition) is 2. The fraction of sp³-hybridized carbons (Fsp3) is 1.00. The van der Waals surface area contributed by atoms with Gasteiger partial charge in [0.1, 0.15) is 0 Å². The Morgan fingerprint density at radius 2 is 1.58 bits per heavy atom. The Bertz CT molecular complexity index is 103. The fourth-order valence-corrected chi connectivity index (χ4v) is 1.61. The summed E-state index contributed by atoms with van der Waals surface area (Å²) in [5.74, 6) is 0. The highest BCUT2D eigenvalue weighted by atomic mass is 127. The molecule has 2 nitrogen and oxygen atoms in total. The summed E-state index contributed by atoms with van der Waals surface area (Å²) in [7, 11) is 4.33. The zero-order valence-electron chi connectivity index (χ0n) is 8.68. The van der Waals surface area contributed by atoms with Gasteiger partial charge in [0.15, 0.2) is 0 Å². The maximum Gasteiger partial charge on any atom is 0.0206 e. The average molecular weight is 284 g/mol. The Hall–Kier alpha value is 0.650. The highest BCUT2D eigenvalue weighted by molar-refractivity contribution is 14.1. The summed E-state index contributed by atoms with van der Waals surface area (Å²) >= 11 is 2.33. The van der Waals surface area contributed by atoms with Gasteiger partial charge < -0.3 is 4.90 Å². The van der Waals surface area contributed by atoms with E-state index >= 15 is 0 Å². The van der Waals surface area contributed by atoms with E-state index in [0.29, 0.717) is 0 Å². The number of hydrogen-bond donors (Lipinski definition) is 0. The first-order valence-electron chi connectivity index (χ1n) is 4.68. The molecule has 0 fully saturated rings. The van der Waals surface area contributed by atoms with E-state index in [2.05, 4.69) is 58.8 Å². The molecule has 0 saturated carbocycles. The lowest BCUT2D eigenvalue weighted by atomic mass is 10.1. The van der Waals surface area contributed by atoms with Crippen LogP contribution in [0.2, 0.25) is 0 Å². The normalized spacial score (nSPS) is 12.0. The van der Waals surface area contributed by atoms with E-state index in [1.165, 1.54) is 19.4 Å². The zero-order valence-corrected chi connectivity index (χ0v) is 10.8. The van der Waals surface area contributed by atoms with Crippen molar-refractivity contribution in [1.29, 1.82) is 0 Å². The van der Waals surface area contributed by atoms with Crippen molar-refractivity contribution in [3.05, 3.63) is 0 Å². The Balaban J connectivity index is 3.61. The van der Waals surface area contributed by atoms with E-state index < -0.39 is 0 Å². The summed E-state index contributed by atoms with van der Waals surface area (Å²) in [6.45, 7) is 6.84. The molecular weight excluding hydrogens is 263 g/mol. The molecule has 12 heavy (non-hydrogen) atoms. The van der Waals surface area contributed by atoms with Crippen LogP contribution in [0.3, 0.4) is 0 Å². The summed E-state index contributed by atoms with van der Waals surface area (Å²) in [5.41, 5.74) is 0. The Morgan fingerprint density at radius 3 is 1.92 bits per heavy atom. The molecular formula is C9H21IN2. The first-order chi connectivity index (χ1) is 5.61. The molecule has 0 rings (SSSR count). The molecule has 74 valence electrons. The SMILES string of the molecule is CCC(CC)N(C)CCN(C)I. The quantitative estimate of drug-likeness (QED) is 0.546. The number of likely N-dealkylation sites (N-methyl/N-ethyl adjacent to an activating group) is 2. The topological polar surface area (TPSA) is 6.48 Å². The van der Waals surface area contributed by atoms with Crippen LogP contribution in [0.25, 0.3) is 0 Å². The molecule has 0 atom stereocenters. The molecule has 0 aromatic carbocycles. The summed E-state index contributed by atoms with van der Waals surface area (Å²) in [5, 5.41) is 0. The van der Waals surface area contributed by atoms with Crippen LogP contribution in [0.1, 0.15) is 26.7 Å². The molecule has 0 unspecified atom stereocenters. The Labute approximate surface area is 90.8 Å². The van der Waals surface area contributed by atoms with Crippen molar-refractivity contribution in [3.8, 4) is 0 Å². The second kappa shape index (κ2) is 7.09. The van der Waals surface area contributed by atoms with E-state index in [-0.39, 0.29) is 0 Å². The highest BCUT2D eigenvalue weighted by Crippen LogP contribution is 2.05. The molecule has 0 amide bonds. The first kappa shape index (κ1) is 12.7. The molecule has 0 saturated heterocycles. The maximum atomic E-state index is 2.45. The molecule has 0 spiro atoms. The monoisotopic (exact) mass is 284 g/mol. The predicted molar refractivity (Wildman–Crippen MR) is 63.7 cm³/mol. The van der Waals surface area contributed by atoms with Crippen molar-refractivity contribution in [1.82, 2.24) is 8.01 Å². The third kappa shape index (κ3) is 5.32.